The highest BCUT2D eigenvalue weighted by atomic mass is 31.1. The predicted octanol–water partition coefficient (Wildman–Crippen LogP) is 19.8. The summed E-state index contributed by atoms with van der Waals surface area (Å²) in [5.41, 5.74) is 20.7. The Bertz CT molecular complexity index is 2600. The monoisotopic (exact) mass is 1050 g/mol. The molecule has 4 nitrogen and oxygen atoms in total. The first-order chi connectivity index (χ1) is 36.6. The van der Waals surface area contributed by atoms with E-state index in [0.29, 0.717) is 14.9 Å². The van der Waals surface area contributed by atoms with E-state index < -0.39 is 0 Å². The molecule has 6 heteroatoms. The van der Waals surface area contributed by atoms with Crippen LogP contribution < -0.4 is 9.26 Å². The van der Waals surface area contributed by atoms with E-state index in [1.807, 2.05) is 6.07 Å². The molecule has 2 heterocycles. The maximum absolute atomic E-state index is 6.37. The first kappa shape index (κ1) is 59.9. The first-order valence-electron chi connectivity index (χ1n) is 28.9. The molecule has 3 aliphatic rings. The molecule has 9 rings (SSSR count). The van der Waals surface area contributed by atoms with Crippen molar-refractivity contribution >= 4 is 17.4 Å². The Morgan fingerprint density at radius 1 is 0.507 bits per heavy atom. The van der Waals surface area contributed by atoms with Gasteiger partial charge in [0.15, 0.2) is 0 Å². The molecule has 0 amide bonds. The van der Waals surface area contributed by atoms with Crippen LogP contribution >= 0.6 is 17.4 Å². The van der Waals surface area contributed by atoms with Crippen LogP contribution in [-0.2, 0) is 22.3 Å². The smallest absolute Gasteiger partial charge is 0.126 e. The summed E-state index contributed by atoms with van der Waals surface area (Å²) in [7, 11) is 1.69. The van der Waals surface area contributed by atoms with Crippen molar-refractivity contribution in [1.29, 1.82) is 0 Å². The van der Waals surface area contributed by atoms with Crippen LogP contribution in [0.3, 0.4) is 0 Å². The highest BCUT2D eigenvalue weighted by molar-refractivity contribution is 7.36. The Hall–Kier alpha value is -4.30. The van der Waals surface area contributed by atoms with Gasteiger partial charge in [-0.05, 0) is 227 Å². The third-order valence-electron chi connectivity index (χ3n) is 15.8. The van der Waals surface area contributed by atoms with Gasteiger partial charge in [-0.1, -0.05) is 149 Å². The van der Waals surface area contributed by atoms with Crippen molar-refractivity contribution in [1.82, 2.24) is 0 Å². The zero-order valence-corrected chi connectivity index (χ0v) is 50.0. The minimum Gasteiger partial charge on any atom is -0.493 e. The molecule has 6 aromatic rings. The van der Waals surface area contributed by atoms with Gasteiger partial charge < -0.3 is 18.7 Å². The van der Waals surface area contributed by atoms with E-state index in [-0.39, 0.29) is 6.10 Å². The van der Waals surface area contributed by atoms with Crippen LogP contribution in [0, 0.1) is 41.5 Å². The molecule has 1 saturated carbocycles. The van der Waals surface area contributed by atoms with Crippen molar-refractivity contribution in [2.24, 2.45) is 0 Å². The number of ether oxygens (including phenoxy) is 3. The second kappa shape index (κ2) is 32.4. The molecule has 4 atom stereocenters. The molecule has 0 N–H and O–H groups in total. The zero-order chi connectivity index (χ0) is 53.4. The molecular formula is C69H94O4P2. The van der Waals surface area contributed by atoms with Crippen molar-refractivity contribution < 1.29 is 18.7 Å². The van der Waals surface area contributed by atoms with E-state index in [1.165, 1.54) is 167 Å². The summed E-state index contributed by atoms with van der Waals surface area (Å²) < 4.78 is 24.1. The maximum atomic E-state index is 6.37. The molecule has 6 aromatic carbocycles. The normalized spacial score (nSPS) is 16.9. The largest absolute Gasteiger partial charge is 0.493 e. The van der Waals surface area contributed by atoms with E-state index in [4.69, 9.17) is 18.7 Å². The molecule has 0 bridgehead atoms. The SMILES string of the molecule is CCCCCOc1ccccc1Cc1c(C)cc(C)c(C)c1-c1c(C)c(C)cc(C)c1Cc1ccccc1C1CCCCO1.CCPC.CPOc1ccccc1C1CCCCC1.c1ccc(C2CCCCO2)cc1. The summed E-state index contributed by atoms with van der Waals surface area (Å²) in [5.74, 6) is 2.88. The van der Waals surface area contributed by atoms with E-state index in [1.54, 1.807) is 0 Å². The summed E-state index contributed by atoms with van der Waals surface area (Å²) in [5, 5.41) is 0. The van der Waals surface area contributed by atoms with E-state index in [0.717, 1.165) is 71.5 Å². The lowest BCUT2D eigenvalue weighted by molar-refractivity contribution is 0.0145. The molecular weight excluding hydrogens is 955 g/mol. The fraction of sp³-hybridized carbons (Fsp3) is 0.478. The van der Waals surface area contributed by atoms with Crippen LogP contribution in [0.1, 0.15) is 194 Å². The fourth-order valence-corrected chi connectivity index (χ4v) is 11.6. The lowest BCUT2D eigenvalue weighted by atomic mass is 9.79. The van der Waals surface area contributed by atoms with Gasteiger partial charge in [-0.2, -0.15) is 0 Å². The standard InChI is InChI=1S/C42H52O2.C13H19OP.C11H14O.C3H9P/c1-8-9-15-22-43-39-20-13-11-18-35(39)27-38-31(5)25-29(3)33(7)42(38)41-32(6)28(2)24-30(4)37(41)26-34-17-10-12-19-36(34)40-21-14-16-23-44-40;1-15-14-13-10-6-5-9-12(13)11-7-3-2-4-8-11;1-2-6-10(7-3-1)11-8-4-5-9-12-11;1-3-4-2/h10-13,17-20,24-25,40H,8-9,14-16,21-23,26-27H2,1-7H3;5-6,9-11,15H,2-4,7-8H2,1H3;1-3,6-7,11H,4-5,8-9H2;4H,3H2,1-2H3. The Labute approximate surface area is 459 Å². The number of unbranched alkanes of at least 4 members (excludes halogenated alkanes) is 2. The summed E-state index contributed by atoms with van der Waals surface area (Å²) >= 11 is 0. The van der Waals surface area contributed by atoms with Gasteiger partial charge in [-0.25, -0.2) is 0 Å². The molecule has 0 aromatic heterocycles. The topological polar surface area (TPSA) is 36.9 Å². The molecule has 75 heavy (non-hydrogen) atoms. The summed E-state index contributed by atoms with van der Waals surface area (Å²) in [6, 6.07) is 41.5. The van der Waals surface area contributed by atoms with Crippen molar-refractivity contribution in [2.75, 3.05) is 39.3 Å². The van der Waals surface area contributed by atoms with Crippen LogP contribution in [0.2, 0.25) is 0 Å². The highest BCUT2D eigenvalue weighted by Crippen LogP contribution is 2.43. The Balaban J connectivity index is 0.000000236. The summed E-state index contributed by atoms with van der Waals surface area (Å²) in [6.07, 6.45) is 21.2. The fourth-order valence-electron chi connectivity index (χ4n) is 11.2. The quantitative estimate of drug-likeness (QED) is 0.0715. The number of hydrogen-bond donors (Lipinski definition) is 0. The number of hydrogen-bond acceptors (Lipinski definition) is 4. The highest BCUT2D eigenvalue weighted by Gasteiger charge is 2.25. The average molecular weight is 1050 g/mol. The van der Waals surface area contributed by atoms with Crippen molar-refractivity contribution in [3.05, 3.63) is 188 Å². The molecule has 4 unspecified atom stereocenters. The second-order valence-corrected chi connectivity index (χ2v) is 23.2. The molecule has 404 valence electrons. The number of rotatable bonds is 16. The van der Waals surface area contributed by atoms with Gasteiger partial charge in [0.2, 0.25) is 0 Å². The summed E-state index contributed by atoms with van der Waals surface area (Å²) in [4.78, 5) is 0. The van der Waals surface area contributed by atoms with Gasteiger partial charge >= 0.3 is 0 Å². The predicted molar refractivity (Wildman–Crippen MR) is 327 cm³/mol. The van der Waals surface area contributed by atoms with E-state index in [9.17, 15) is 0 Å². The number of aryl methyl sites for hydroxylation is 4. The van der Waals surface area contributed by atoms with E-state index >= 15 is 0 Å². The Morgan fingerprint density at radius 3 is 1.57 bits per heavy atom. The summed E-state index contributed by atoms with van der Waals surface area (Å²) in [6.45, 7) is 25.1. The van der Waals surface area contributed by atoms with Gasteiger partial charge in [0, 0.05) is 19.6 Å². The Kier molecular flexibility index (Phi) is 25.9. The lowest BCUT2D eigenvalue weighted by Crippen LogP contribution is -2.14. The third kappa shape index (κ3) is 17.6. The minimum atomic E-state index is 0.197. The van der Waals surface area contributed by atoms with Crippen molar-refractivity contribution in [3.63, 3.8) is 0 Å². The lowest BCUT2D eigenvalue weighted by Gasteiger charge is -2.27. The zero-order valence-electron chi connectivity index (χ0n) is 48.0. The van der Waals surface area contributed by atoms with Crippen LogP contribution in [0.25, 0.3) is 11.1 Å². The molecule has 1 aliphatic carbocycles. The molecule has 3 fully saturated rings. The third-order valence-corrected chi connectivity index (χ3v) is 16.9. The first-order valence-corrected chi connectivity index (χ1v) is 32.0. The van der Waals surface area contributed by atoms with Gasteiger partial charge in [0.25, 0.3) is 0 Å². The molecule has 0 radical (unpaired) electrons. The Morgan fingerprint density at radius 2 is 1.01 bits per heavy atom. The number of para-hydroxylation sites is 2. The minimum absolute atomic E-state index is 0.197. The van der Waals surface area contributed by atoms with Gasteiger partial charge in [0.1, 0.15) is 11.5 Å². The van der Waals surface area contributed by atoms with Crippen LogP contribution in [-0.4, -0.2) is 39.3 Å². The number of benzene rings is 6. The molecule has 2 saturated heterocycles. The van der Waals surface area contributed by atoms with Crippen molar-refractivity contribution in [2.45, 2.75) is 176 Å². The van der Waals surface area contributed by atoms with E-state index in [2.05, 4.69) is 178 Å². The molecule has 0 spiro atoms. The van der Waals surface area contributed by atoms with Crippen molar-refractivity contribution in [3.8, 4) is 22.6 Å². The van der Waals surface area contributed by atoms with Gasteiger partial charge in [0.05, 0.1) is 27.6 Å². The second-order valence-electron chi connectivity index (χ2n) is 21.2. The van der Waals surface area contributed by atoms with Crippen LogP contribution in [0.15, 0.2) is 115 Å². The van der Waals surface area contributed by atoms with Crippen LogP contribution in [0.5, 0.6) is 11.5 Å². The van der Waals surface area contributed by atoms with Gasteiger partial charge in [-0.15, -0.1) is 8.58 Å². The van der Waals surface area contributed by atoms with Crippen LogP contribution in [0.4, 0.5) is 0 Å². The molecule has 2 aliphatic heterocycles. The average Bonchev–Trinajstić information content (AvgIpc) is 3.45. The van der Waals surface area contributed by atoms with Gasteiger partial charge in [-0.3, -0.25) is 0 Å². The maximum Gasteiger partial charge on any atom is 0.126 e.